The fourth-order valence-corrected chi connectivity index (χ4v) is 3.75. The molecule has 0 amide bonds. The number of nitrogens with zero attached hydrogens (tertiary/aromatic N) is 1. The minimum atomic E-state index is -0.108. The number of hydrogen-bond donors (Lipinski definition) is 0. The lowest BCUT2D eigenvalue weighted by atomic mass is 10.0. The Morgan fingerprint density at radius 1 is 1.15 bits per heavy atom. The Hall–Kier alpha value is -2.75. The molecule has 2 aromatic carbocycles. The Bertz CT molecular complexity index is 914. The molecule has 0 N–H and O–H groups in total. The third-order valence-corrected chi connectivity index (χ3v) is 4.99. The summed E-state index contributed by atoms with van der Waals surface area (Å²) in [6.45, 7) is 3.80. The van der Waals surface area contributed by atoms with Crippen LogP contribution in [0.4, 0.5) is 0 Å². The van der Waals surface area contributed by atoms with E-state index in [0.29, 0.717) is 19.6 Å². The lowest BCUT2D eigenvalue weighted by Crippen LogP contribution is -2.08. The highest BCUT2D eigenvalue weighted by Crippen LogP contribution is 2.37. The van der Waals surface area contributed by atoms with Gasteiger partial charge in [0, 0.05) is 29.1 Å². The number of hydrogen-bond acceptors (Lipinski definition) is 3. The van der Waals surface area contributed by atoms with Gasteiger partial charge in [-0.25, -0.2) is 0 Å². The van der Waals surface area contributed by atoms with Gasteiger partial charge in [0.25, 0.3) is 0 Å². The van der Waals surface area contributed by atoms with Crippen LogP contribution in [0.1, 0.15) is 36.9 Å². The van der Waals surface area contributed by atoms with Crippen molar-refractivity contribution in [3.8, 4) is 5.75 Å². The second-order valence-corrected chi connectivity index (χ2v) is 6.71. The van der Waals surface area contributed by atoms with Gasteiger partial charge in [-0.2, -0.15) is 0 Å². The van der Waals surface area contributed by atoms with E-state index in [1.165, 1.54) is 16.6 Å². The first-order valence-electron chi connectivity index (χ1n) is 9.20. The average Bonchev–Trinajstić information content (AvgIpc) is 3.20. The maximum atomic E-state index is 11.8. The van der Waals surface area contributed by atoms with Crippen molar-refractivity contribution in [1.82, 2.24) is 4.57 Å². The van der Waals surface area contributed by atoms with Gasteiger partial charge in [0.2, 0.25) is 0 Å². The lowest BCUT2D eigenvalue weighted by molar-refractivity contribution is -0.143. The molecule has 1 atom stereocenters. The molecule has 0 saturated carbocycles. The summed E-state index contributed by atoms with van der Waals surface area (Å²) in [5.74, 6) is 1.01. The number of carbonyl (C=O) groups excluding carboxylic acids is 1. The zero-order chi connectivity index (χ0) is 17.9. The summed E-state index contributed by atoms with van der Waals surface area (Å²) in [5.41, 5.74) is 3.59. The Labute approximate surface area is 153 Å². The predicted octanol–water partition coefficient (Wildman–Crippen LogP) is 4.66. The summed E-state index contributed by atoms with van der Waals surface area (Å²) in [6, 6.07) is 18.6. The molecule has 1 unspecified atom stereocenters. The molecule has 0 fully saturated rings. The summed E-state index contributed by atoms with van der Waals surface area (Å²) < 4.78 is 13.4. The zero-order valence-corrected chi connectivity index (χ0v) is 15.0. The van der Waals surface area contributed by atoms with E-state index >= 15 is 0 Å². The van der Waals surface area contributed by atoms with Crippen LogP contribution in [0, 0.1) is 0 Å². The van der Waals surface area contributed by atoms with Crippen LogP contribution in [0.5, 0.6) is 5.75 Å². The second-order valence-electron chi connectivity index (χ2n) is 6.71. The number of carbonyl (C=O) groups is 1. The van der Waals surface area contributed by atoms with Gasteiger partial charge < -0.3 is 14.0 Å². The molecular weight excluding hydrogens is 326 g/mol. The van der Waals surface area contributed by atoms with Crippen LogP contribution in [-0.4, -0.2) is 17.1 Å². The Morgan fingerprint density at radius 3 is 2.81 bits per heavy atom. The van der Waals surface area contributed by atoms with Crippen molar-refractivity contribution in [2.75, 3.05) is 6.61 Å². The van der Waals surface area contributed by atoms with Gasteiger partial charge in [-0.05, 0) is 43.2 Å². The van der Waals surface area contributed by atoms with Crippen molar-refractivity contribution >= 4 is 16.9 Å². The predicted molar refractivity (Wildman–Crippen MR) is 101 cm³/mol. The van der Waals surface area contributed by atoms with Gasteiger partial charge >= 0.3 is 5.97 Å². The molecule has 0 bridgehead atoms. The highest BCUT2D eigenvalue weighted by atomic mass is 16.5. The number of aryl methyl sites for hydroxylation is 1. The van der Waals surface area contributed by atoms with E-state index in [-0.39, 0.29) is 11.9 Å². The summed E-state index contributed by atoms with van der Waals surface area (Å²) >= 11 is 0. The quantitative estimate of drug-likeness (QED) is 0.608. The van der Waals surface area contributed by atoms with Gasteiger partial charge in [0.05, 0.1) is 13.0 Å². The Morgan fingerprint density at radius 2 is 2.00 bits per heavy atom. The zero-order valence-electron chi connectivity index (χ0n) is 15.0. The normalized spacial score (nSPS) is 15.8. The number of ether oxygens (including phenoxy) is 2. The molecule has 0 spiro atoms. The molecule has 4 rings (SSSR count). The SMILES string of the molecule is CCOC(=O)CC1CCn2c1cc1cc(OCc3ccccc3)ccc12. The second kappa shape index (κ2) is 7.24. The molecule has 0 saturated heterocycles. The van der Waals surface area contributed by atoms with Crippen LogP contribution in [0.2, 0.25) is 0 Å². The van der Waals surface area contributed by atoms with E-state index in [1.807, 2.05) is 31.2 Å². The van der Waals surface area contributed by atoms with E-state index in [4.69, 9.17) is 9.47 Å². The van der Waals surface area contributed by atoms with Crippen molar-refractivity contribution in [3.63, 3.8) is 0 Å². The maximum absolute atomic E-state index is 11.8. The molecule has 134 valence electrons. The minimum Gasteiger partial charge on any atom is -0.489 e. The fraction of sp³-hybridized carbons (Fsp3) is 0.318. The van der Waals surface area contributed by atoms with Gasteiger partial charge in [-0.15, -0.1) is 0 Å². The standard InChI is InChI=1S/C22H23NO3/c1-2-25-22(24)14-17-10-11-23-20-9-8-19(12-18(20)13-21(17)23)26-15-16-6-4-3-5-7-16/h3-9,12-13,17H,2,10-11,14-15H2,1H3. The largest absolute Gasteiger partial charge is 0.489 e. The molecule has 0 aliphatic carbocycles. The van der Waals surface area contributed by atoms with Gasteiger partial charge in [0.1, 0.15) is 12.4 Å². The third-order valence-electron chi connectivity index (χ3n) is 4.99. The molecule has 2 heterocycles. The van der Waals surface area contributed by atoms with Crippen molar-refractivity contribution in [1.29, 1.82) is 0 Å². The molecule has 1 aliphatic heterocycles. The highest BCUT2D eigenvalue weighted by Gasteiger charge is 2.27. The van der Waals surface area contributed by atoms with Gasteiger partial charge in [-0.1, -0.05) is 30.3 Å². The Kier molecular flexibility index (Phi) is 4.65. The first-order chi connectivity index (χ1) is 12.7. The van der Waals surface area contributed by atoms with Crippen molar-refractivity contribution in [2.45, 2.75) is 38.8 Å². The van der Waals surface area contributed by atoms with E-state index in [0.717, 1.165) is 24.3 Å². The van der Waals surface area contributed by atoms with E-state index in [1.54, 1.807) is 0 Å². The first kappa shape index (κ1) is 16.7. The Balaban J connectivity index is 1.52. The number of benzene rings is 2. The highest BCUT2D eigenvalue weighted by molar-refractivity contribution is 5.84. The van der Waals surface area contributed by atoms with Crippen LogP contribution in [0.25, 0.3) is 10.9 Å². The molecule has 1 aliphatic rings. The van der Waals surface area contributed by atoms with E-state index in [9.17, 15) is 4.79 Å². The molecule has 0 radical (unpaired) electrons. The maximum Gasteiger partial charge on any atom is 0.306 e. The van der Waals surface area contributed by atoms with Crippen LogP contribution in [0.3, 0.4) is 0 Å². The van der Waals surface area contributed by atoms with Crippen LogP contribution >= 0.6 is 0 Å². The number of rotatable bonds is 6. The molecule has 4 nitrogen and oxygen atoms in total. The monoisotopic (exact) mass is 349 g/mol. The molecule has 1 aromatic heterocycles. The smallest absolute Gasteiger partial charge is 0.306 e. The van der Waals surface area contributed by atoms with E-state index in [2.05, 4.69) is 34.9 Å². The topological polar surface area (TPSA) is 40.5 Å². The fourth-order valence-electron chi connectivity index (χ4n) is 3.75. The summed E-state index contributed by atoms with van der Waals surface area (Å²) in [5, 5.41) is 1.17. The van der Waals surface area contributed by atoms with Gasteiger partial charge in [-0.3, -0.25) is 4.79 Å². The minimum absolute atomic E-state index is 0.108. The molecule has 4 heteroatoms. The molecule has 26 heavy (non-hydrogen) atoms. The summed E-state index contributed by atoms with van der Waals surface area (Å²) in [4.78, 5) is 11.8. The summed E-state index contributed by atoms with van der Waals surface area (Å²) in [6.07, 6.45) is 1.46. The van der Waals surface area contributed by atoms with Crippen LogP contribution < -0.4 is 4.74 Å². The molecular formula is C22H23NO3. The van der Waals surface area contributed by atoms with Crippen molar-refractivity contribution in [2.24, 2.45) is 0 Å². The van der Waals surface area contributed by atoms with Crippen molar-refractivity contribution in [3.05, 3.63) is 65.9 Å². The van der Waals surface area contributed by atoms with Crippen molar-refractivity contribution < 1.29 is 14.3 Å². The average molecular weight is 349 g/mol. The van der Waals surface area contributed by atoms with E-state index < -0.39 is 0 Å². The number of fused-ring (bicyclic) bond motifs is 3. The van der Waals surface area contributed by atoms with Crippen LogP contribution in [0.15, 0.2) is 54.6 Å². The lowest BCUT2D eigenvalue weighted by Gasteiger charge is -2.08. The third kappa shape index (κ3) is 3.32. The first-order valence-corrected chi connectivity index (χ1v) is 9.20. The van der Waals surface area contributed by atoms with Crippen LogP contribution in [-0.2, 0) is 22.7 Å². The number of esters is 1. The molecule has 3 aromatic rings. The van der Waals surface area contributed by atoms with Gasteiger partial charge in [0.15, 0.2) is 0 Å². The number of aromatic nitrogens is 1. The summed E-state index contributed by atoms with van der Waals surface area (Å²) in [7, 11) is 0.